The number of piperidine rings is 1. The van der Waals surface area contributed by atoms with Crippen LogP contribution in [0.15, 0.2) is 36.9 Å². The van der Waals surface area contributed by atoms with Crippen molar-refractivity contribution in [1.82, 2.24) is 29.3 Å². The second-order valence-electron chi connectivity index (χ2n) is 6.34. The van der Waals surface area contributed by atoms with Crippen LogP contribution in [-0.4, -0.2) is 48.3 Å². The smallest absolute Gasteiger partial charge is 0.244 e. The Morgan fingerprint density at radius 2 is 2.04 bits per heavy atom. The van der Waals surface area contributed by atoms with Crippen molar-refractivity contribution >= 4 is 11.6 Å². The lowest BCUT2D eigenvalue weighted by Crippen LogP contribution is -2.40. The van der Waals surface area contributed by atoms with E-state index >= 15 is 0 Å². The third kappa shape index (κ3) is 2.77. The van der Waals surface area contributed by atoms with Gasteiger partial charge in [-0.1, -0.05) is 0 Å². The molecule has 1 fully saturated rings. The molecule has 3 aromatic rings. The average molecular weight is 324 g/mol. The summed E-state index contributed by atoms with van der Waals surface area (Å²) in [4.78, 5) is 18.7. The van der Waals surface area contributed by atoms with Crippen molar-refractivity contribution in [3.05, 3.63) is 48.2 Å². The summed E-state index contributed by atoms with van der Waals surface area (Å²) in [7, 11) is 0. The number of nitrogens with zero attached hydrogens (tertiary/aromatic N) is 6. The Labute approximate surface area is 139 Å². The molecule has 7 heteroatoms. The topological polar surface area (TPSA) is 68.3 Å². The number of amides is 1. The number of aryl methyl sites for hydroxylation is 1. The molecule has 0 N–H and O–H groups in total. The van der Waals surface area contributed by atoms with Gasteiger partial charge in [0, 0.05) is 43.2 Å². The molecule has 1 saturated heterocycles. The van der Waals surface area contributed by atoms with Crippen LogP contribution in [0, 0.1) is 6.92 Å². The van der Waals surface area contributed by atoms with Gasteiger partial charge in [-0.05, 0) is 31.4 Å². The van der Waals surface area contributed by atoms with E-state index in [1.54, 1.807) is 17.1 Å². The van der Waals surface area contributed by atoms with E-state index in [1.165, 1.54) is 5.69 Å². The maximum atomic E-state index is 12.4. The average Bonchev–Trinajstić information content (AvgIpc) is 3.23. The van der Waals surface area contributed by atoms with Crippen molar-refractivity contribution in [1.29, 1.82) is 0 Å². The molecule has 0 atom stereocenters. The molecule has 0 aliphatic carbocycles. The summed E-state index contributed by atoms with van der Waals surface area (Å²) in [5.41, 5.74) is 3.13. The van der Waals surface area contributed by atoms with Crippen LogP contribution in [0.2, 0.25) is 0 Å². The zero-order valence-electron chi connectivity index (χ0n) is 13.7. The minimum absolute atomic E-state index is 0.135. The summed E-state index contributed by atoms with van der Waals surface area (Å²) in [6, 6.07) is 3.95. The van der Waals surface area contributed by atoms with Crippen molar-refractivity contribution in [3.8, 4) is 0 Å². The fraction of sp³-hybridized carbons (Fsp3) is 0.412. The van der Waals surface area contributed by atoms with Crippen LogP contribution in [0.1, 0.15) is 30.0 Å². The monoisotopic (exact) mass is 324 g/mol. The molecule has 4 heterocycles. The lowest BCUT2D eigenvalue weighted by molar-refractivity contribution is -0.133. The van der Waals surface area contributed by atoms with E-state index in [2.05, 4.69) is 15.2 Å². The van der Waals surface area contributed by atoms with E-state index in [1.807, 2.05) is 40.9 Å². The largest absolute Gasteiger partial charge is 0.341 e. The molecule has 0 bridgehead atoms. The van der Waals surface area contributed by atoms with E-state index in [4.69, 9.17) is 0 Å². The fourth-order valence-corrected chi connectivity index (χ4v) is 3.38. The number of fused-ring (bicyclic) bond motifs is 1. The summed E-state index contributed by atoms with van der Waals surface area (Å²) in [6.45, 7) is 3.84. The minimum atomic E-state index is 0.135. The van der Waals surface area contributed by atoms with Crippen molar-refractivity contribution in [2.24, 2.45) is 0 Å². The van der Waals surface area contributed by atoms with Crippen LogP contribution in [0.4, 0.5) is 0 Å². The molecule has 1 aliphatic heterocycles. The highest BCUT2D eigenvalue weighted by atomic mass is 16.2. The SMILES string of the molecule is Cc1cnn(CC(=O)N2CCC(c3ccnc4ccnn34)CC2)c1. The highest BCUT2D eigenvalue weighted by Crippen LogP contribution is 2.27. The molecule has 0 saturated carbocycles. The third-order valence-corrected chi connectivity index (χ3v) is 4.64. The maximum Gasteiger partial charge on any atom is 0.244 e. The van der Waals surface area contributed by atoms with Gasteiger partial charge in [0.25, 0.3) is 0 Å². The molecular formula is C17H20N6O. The highest BCUT2D eigenvalue weighted by Gasteiger charge is 2.25. The number of carbonyl (C=O) groups excluding carboxylic acids is 1. The second kappa shape index (κ2) is 6.07. The Bertz CT molecular complexity index is 859. The van der Waals surface area contributed by atoms with Crippen LogP contribution < -0.4 is 0 Å². The highest BCUT2D eigenvalue weighted by molar-refractivity contribution is 5.76. The first kappa shape index (κ1) is 14.9. The van der Waals surface area contributed by atoms with Crippen LogP contribution in [-0.2, 0) is 11.3 Å². The summed E-state index contributed by atoms with van der Waals surface area (Å²) < 4.78 is 3.62. The molecule has 24 heavy (non-hydrogen) atoms. The van der Waals surface area contributed by atoms with Gasteiger partial charge >= 0.3 is 0 Å². The number of likely N-dealkylation sites (tertiary alicyclic amines) is 1. The normalized spacial score (nSPS) is 16.0. The van der Waals surface area contributed by atoms with Gasteiger partial charge in [-0.15, -0.1) is 0 Å². The first-order valence-corrected chi connectivity index (χ1v) is 8.26. The molecule has 124 valence electrons. The van der Waals surface area contributed by atoms with E-state index in [0.717, 1.165) is 37.1 Å². The van der Waals surface area contributed by atoms with Gasteiger partial charge < -0.3 is 4.90 Å². The fourth-order valence-electron chi connectivity index (χ4n) is 3.38. The van der Waals surface area contributed by atoms with Crippen molar-refractivity contribution in [2.75, 3.05) is 13.1 Å². The van der Waals surface area contributed by atoms with E-state index < -0.39 is 0 Å². The van der Waals surface area contributed by atoms with Crippen molar-refractivity contribution in [2.45, 2.75) is 32.2 Å². The van der Waals surface area contributed by atoms with Gasteiger partial charge in [-0.25, -0.2) is 9.50 Å². The number of hydrogen-bond donors (Lipinski definition) is 0. The van der Waals surface area contributed by atoms with Crippen LogP contribution >= 0.6 is 0 Å². The molecule has 1 amide bonds. The summed E-state index contributed by atoms with van der Waals surface area (Å²) in [5.74, 6) is 0.543. The number of rotatable bonds is 3. The molecule has 3 aromatic heterocycles. The molecule has 0 aromatic carbocycles. The first-order valence-electron chi connectivity index (χ1n) is 8.26. The quantitative estimate of drug-likeness (QED) is 0.734. The molecule has 7 nitrogen and oxygen atoms in total. The number of aromatic nitrogens is 5. The van der Waals surface area contributed by atoms with Gasteiger partial charge in [0.1, 0.15) is 6.54 Å². The van der Waals surface area contributed by atoms with Crippen molar-refractivity contribution in [3.63, 3.8) is 0 Å². The summed E-state index contributed by atoms with van der Waals surface area (Å²) in [5, 5.41) is 8.56. The minimum Gasteiger partial charge on any atom is -0.341 e. The first-order chi connectivity index (χ1) is 11.7. The maximum absolute atomic E-state index is 12.4. The Morgan fingerprint density at radius 3 is 2.79 bits per heavy atom. The van der Waals surface area contributed by atoms with Crippen molar-refractivity contribution < 1.29 is 4.79 Å². The summed E-state index contributed by atoms with van der Waals surface area (Å²) in [6.07, 6.45) is 9.18. The van der Waals surface area contributed by atoms with Gasteiger partial charge in [-0.2, -0.15) is 10.2 Å². The zero-order valence-corrected chi connectivity index (χ0v) is 13.7. The lowest BCUT2D eigenvalue weighted by Gasteiger charge is -2.32. The lowest BCUT2D eigenvalue weighted by atomic mass is 9.93. The third-order valence-electron chi connectivity index (χ3n) is 4.64. The second-order valence-corrected chi connectivity index (χ2v) is 6.34. The standard InChI is InChI=1S/C17H20N6O/c1-13-10-20-22(11-13)12-17(24)21-8-4-14(5-9-21)15-2-6-18-16-3-7-19-23(15)16/h2-3,6-7,10-11,14H,4-5,8-9,12H2,1H3. The number of hydrogen-bond acceptors (Lipinski definition) is 4. The Balaban J connectivity index is 1.41. The molecule has 0 radical (unpaired) electrons. The molecule has 1 aliphatic rings. The number of carbonyl (C=O) groups is 1. The predicted octanol–water partition coefficient (Wildman–Crippen LogP) is 1.64. The van der Waals surface area contributed by atoms with Gasteiger partial charge in [-0.3, -0.25) is 9.48 Å². The Hall–Kier alpha value is -2.70. The van der Waals surface area contributed by atoms with Crippen LogP contribution in [0.5, 0.6) is 0 Å². The Morgan fingerprint density at radius 1 is 1.21 bits per heavy atom. The molecular weight excluding hydrogens is 304 g/mol. The molecule has 0 unspecified atom stereocenters. The Kier molecular flexibility index (Phi) is 3.76. The van der Waals surface area contributed by atoms with E-state index in [-0.39, 0.29) is 5.91 Å². The zero-order chi connectivity index (χ0) is 16.5. The van der Waals surface area contributed by atoms with Gasteiger partial charge in [0.2, 0.25) is 5.91 Å². The molecule has 4 rings (SSSR count). The van der Waals surface area contributed by atoms with E-state index in [0.29, 0.717) is 12.5 Å². The van der Waals surface area contributed by atoms with Crippen LogP contribution in [0.25, 0.3) is 5.65 Å². The molecule has 0 spiro atoms. The van der Waals surface area contributed by atoms with Crippen LogP contribution in [0.3, 0.4) is 0 Å². The van der Waals surface area contributed by atoms with Gasteiger partial charge in [0.15, 0.2) is 5.65 Å². The van der Waals surface area contributed by atoms with Gasteiger partial charge in [0.05, 0.1) is 12.4 Å². The summed E-state index contributed by atoms with van der Waals surface area (Å²) >= 11 is 0. The predicted molar refractivity (Wildman–Crippen MR) is 88.5 cm³/mol. The van der Waals surface area contributed by atoms with E-state index in [9.17, 15) is 4.79 Å².